The molecule has 0 radical (unpaired) electrons. The third-order valence-electron chi connectivity index (χ3n) is 6.76. The van der Waals surface area contributed by atoms with Crippen molar-refractivity contribution in [2.45, 2.75) is 70.4 Å². The second-order valence-corrected chi connectivity index (χ2v) is 9.18. The van der Waals surface area contributed by atoms with Gasteiger partial charge in [0.05, 0.1) is 13.0 Å². The van der Waals surface area contributed by atoms with E-state index in [9.17, 15) is 9.59 Å². The monoisotopic (exact) mass is 385 g/mol. The average Bonchev–Trinajstić information content (AvgIpc) is 2.61. The maximum atomic E-state index is 12.7. The van der Waals surface area contributed by atoms with Crippen molar-refractivity contribution in [1.29, 1.82) is 0 Å². The topological polar surface area (TPSA) is 64.6 Å². The fourth-order valence-electron chi connectivity index (χ4n) is 5.90. The average molecular weight is 386 g/mol. The van der Waals surface area contributed by atoms with Gasteiger partial charge < -0.3 is 14.8 Å². The number of ether oxygens (including phenoxy) is 2. The Bertz CT molecular complexity index is 709. The number of benzene rings is 1. The van der Waals surface area contributed by atoms with Gasteiger partial charge in [-0.1, -0.05) is 18.2 Å². The van der Waals surface area contributed by atoms with Gasteiger partial charge in [-0.3, -0.25) is 9.59 Å². The number of nitrogens with one attached hydrogen (secondary N) is 1. The van der Waals surface area contributed by atoms with Crippen molar-refractivity contribution < 1.29 is 19.1 Å². The Morgan fingerprint density at radius 3 is 2.32 bits per heavy atom. The van der Waals surface area contributed by atoms with Gasteiger partial charge in [0.25, 0.3) is 5.91 Å². The Morgan fingerprint density at radius 2 is 1.71 bits per heavy atom. The first-order valence-electron chi connectivity index (χ1n) is 10.6. The molecule has 152 valence electrons. The summed E-state index contributed by atoms with van der Waals surface area (Å²) >= 11 is 0. The van der Waals surface area contributed by atoms with Crippen LogP contribution in [0.2, 0.25) is 0 Å². The molecule has 4 saturated carbocycles. The molecule has 1 atom stereocenters. The Hall–Kier alpha value is -2.04. The molecule has 1 N–H and O–H groups in total. The molecule has 5 heteroatoms. The highest BCUT2D eigenvalue weighted by Gasteiger charge is 2.51. The minimum absolute atomic E-state index is 0.0551. The van der Waals surface area contributed by atoms with Crippen molar-refractivity contribution >= 4 is 11.9 Å². The lowest BCUT2D eigenvalue weighted by atomic mass is 9.53. The van der Waals surface area contributed by atoms with E-state index in [1.54, 1.807) is 6.92 Å². The number of aryl methyl sites for hydroxylation is 1. The van der Waals surface area contributed by atoms with Gasteiger partial charge in [-0.05, 0) is 81.8 Å². The highest BCUT2D eigenvalue weighted by Crippen LogP contribution is 2.55. The quantitative estimate of drug-likeness (QED) is 0.726. The van der Waals surface area contributed by atoms with Crippen LogP contribution in [0.1, 0.15) is 57.4 Å². The van der Waals surface area contributed by atoms with E-state index in [0.717, 1.165) is 48.3 Å². The SMILES string of the molecule is Cc1ccccc1OCCC(=O)O[C@@H](C)C(=O)NC12CC3CC(CC(C3)C1)C2. The number of hydrogen-bond acceptors (Lipinski definition) is 4. The van der Waals surface area contributed by atoms with Crippen LogP contribution in [-0.2, 0) is 14.3 Å². The molecule has 4 aliphatic carbocycles. The molecule has 1 aromatic carbocycles. The highest BCUT2D eigenvalue weighted by atomic mass is 16.5. The Balaban J connectivity index is 1.23. The number of amides is 1. The van der Waals surface area contributed by atoms with Gasteiger partial charge in [-0.2, -0.15) is 0 Å². The molecule has 28 heavy (non-hydrogen) atoms. The molecular formula is C23H31NO4. The predicted octanol–water partition coefficient (Wildman–Crippen LogP) is 3.78. The van der Waals surface area contributed by atoms with Gasteiger partial charge in [-0.15, -0.1) is 0 Å². The van der Waals surface area contributed by atoms with Crippen LogP contribution in [0, 0.1) is 24.7 Å². The lowest BCUT2D eigenvalue weighted by Gasteiger charge is -2.57. The highest BCUT2D eigenvalue weighted by molar-refractivity contribution is 5.84. The van der Waals surface area contributed by atoms with E-state index in [-0.39, 0.29) is 24.5 Å². The summed E-state index contributed by atoms with van der Waals surface area (Å²) in [6.07, 6.45) is 6.64. The molecule has 4 aliphatic rings. The maximum Gasteiger partial charge on any atom is 0.310 e. The standard InChI is InChI=1S/C23H31NO4/c1-15-5-3-4-6-20(15)27-8-7-21(25)28-16(2)22(26)24-23-12-17-9-18(13-23)11-19(10-17)14-23/h3-6,16-19H,7-14H2,1-2H3,(H,24,26)/t16-,17?,18?,19?,23?/m0/s1. The van der Waals surface area contributed by atoms with E-state index in [2.05, 4.69) is 5.32 Å². The minimum atomic E-state index is -0.765. The summed E-state index contributed by atoms with van der Waals surface area (Å²) in [6, 6.07) is 7.69. The van der Waals surface area contributed by atoms with Crippen molar-refractivity contribution in [2.24, 2.45) is 17.8 Å². The molecule has 0 aliphatic heterocycles. The van der Waals surface area contributed by atoms with Gasteiger partial charge >= 0.3 is 5.97 Å². The van der Waals surface area contributed by atoms with Crippen molar-refractivity contribution in [3.8, 4) is 5.75 Å². The zero-order valence-electron chi connectivity index (χ0n) is 16.9. The zero-order chi connectivity index (χ0) is 19.7. The normalized spacial score (nSPS) is 31.3. The molecule has 1 aromatic rings. The largest absolute Gasteiger partial charge is 0.493 e. The first kappa shape index (κ1) is 19.3. The smallest absolute Gasteiger partial charge is 0.310 e. The van der Waals surface area contributed by atoms with Gasteiger partial charge in [0.15, 0.2) is 6.10 Å². The molecular weight excluding hydrogens is 354 g/mol. The van der Waals surface area contributed by atoms with E-state index in [1.807, 2.05) is 31.2 Å². The number of esters is 1. The summed E-state index contributed by atoms with van der Waals surface area (Å²) in [7, 11) is 0. The van der Waals surface area contributed by atoms with Crippen molar-refractivity contribution in [1.82, 2.24) is 5.32 Å². The molecule has 0 spiro atoms. The Kier molecular flexibility index (Phi) is 5.35. The molecule has 4 bridgehead atoms. The molecule has 0 heterocycles. The molecule has 0 unspecified atom stereocenters. The first-order valence-corrected chi connectivity index (χ1v) is 10.6. The van der Waals surface area contributed by atoms with E-state index in [4.69, 9.17) is 9.47 Å². The maximum absolute atomic E-state index is 12.7. The van der Waals surface area contributed by atoms with E-state index in [0.29, 0.717) is 0 Å². The summed E-state index contributed by atoms with van der Waals surface area (Å²) in [4.78, 5) is 24.8. The van der Waals surface area contributed by atoms with Gasteiger partial charge in [-0.25, -0.2) is 0 Å². The summed E-state index contributed by atoms with van der Waals surface area (Å²) in [5.74, 6) is 2.51. The van der Waals surface area contributed by atoms with Crippen molar-refractivity contribution in [3.05, 3.63) is 29.8 Å². The van der Waals surface area contributed by atoms with Crippen LogP contribution in [0.25, 0.3) is 0 Å². The first-order chi connectivity index (χ1) is 13.4. The second-order valence-electron chi connectivity index (χ2n) is 9.18. The van der Waals surface area contributed by atoms with Crippen LogP contribution < -0.4 is 10.1 Å². The lowest BCUT2D eigenvalue weighted by molar-refractivity contribution is -0.157. The number of hydrogen-bond donors (Lipinski definition) is 1. The van der Waals surface area contributed by atoms with E-state index < -0.39 is 12.1 Å². The molecule has 1 amide bonds. The Labute approximate surface area is 167 Å². The van der Waals surface area contributed by atoms with Crippen LogP contribution >= 0.6 is 0 Å². The van der Waals surface area contributed by atoms with Gasteiger partial charge in [0, 0.05) is 5.54 Å². The van der Waals surface area contributed by atoms with Gasteiger partial charge in [0.2, 0.25) is 0 Å². The summed E-state index contributed by atoms with van der Waals surface area (Å²) in [6.45, 7) is 3.87. The Morgan fingerprint density at radius 1 is 1.11 bits per heavy atom. The fourth-order valence-corrected chi connectivity index (χ4v) is 5.90. The molecule has 5 rings (SSSR count). The van der Waals surface area contributed by atoms with Gasteiger partial charge in [0.1, 0.15) is 5.75 Å². The van der Waals surface area contributed by atoms with Crippen LogP contribution in [0.3, 0.4) is 0 Å². The van der Waals surface area contributed by atoms with Crippen molar-refractivity contribution in [2.75, 3.05) is 6.61 Å². The number of rotatable bonds is 7. The minimum Gasteiger partial charge on any atom is -0.493 e. The number of carbonyl (C=O) groups is 2. The molecule has 5 nitrogen and oxygen atoms in total. The van der Waals surface area contributed by atoms with E-state index >= 15 is 0 Å². The summed E-state index contributed by atoms with van der Waals surface area (Å²) in [5.41, 5.74) is 0.972. The van der Waals surface area contributed by atoms with Crippen LogP contribution in [0.4, 0.5) is 0 Å². The van der Waals surface area contributed by atoms with Crippen LogP contribution in [0.15, 0.2) is 24.3 Å². The number of carbonyl (C=O) groups excluding carboxylic acids is 2. The fraction of sp³-hybridized carbons (Fsp3) is 0.652. The molecule has 0 saturated heterocycles. The number of para-hydroxylation sites is 1. The van der Waals surface area contributed by atoms with Crippen LogP contribution in [-0.4, -0.2) is 30.1 Å². The predicted molar refractivity (Wildman–Crippen MR) is 106 cm³/mol. The third kappa shape index (κ3) is 4.18. The van der Waals surface area contributed by atoms with Crippen LogP contribution in [0.5, 0.6) is 5.75 Å². The second kappa shape index (κ2) is 7.76. The van der Waals surface area contributed by atoms with E-state index in [1.165, 1.54) is 19.3 Å². The lowest BCUT2D eigenvalue weighted by Crippen LogP contribution is -2.61. The third-order valence-corrected chi connectivity index (χ3v) is 6.76. The van der Waals surface area contributed by atoms with Crippen molar-refractivity contribution in [3.63, 3.8) is 0 Å². The molecule has 0 aromatic heterocycles. The molecule has 4 fully saturated rings. The zero-order valence-corrected chi connectivity index (χ0v) is 16.9. The summed E-state index contributed by atoms with van der Waals surface area (Å²) in [5, 5.41) is 3.27. The summed E-state index contributed by atoms with van der Waals surface area (Å²) < 4.78 is 11.0.